The number of anilines is 2. The molecule has 0 radical (unpaired) electrons. The van der Waals surface area contributed by atoms with Crippen LogP contribution in [-0.4, -0.2) is 36.1 Å². The SMILES string of the molecule is Fc1nc(F)c(F)c(N2CCN(c3nccs3)CC2)c1F. The Morgan fingerprint density at radius 2 is 1.48 bits per heavy atom. The van der Waals surface area contributed by atoms with Crippen LogP contribution in [0.15, 0.2) is 11.6 Å². The van der Waals surface area contributed by atoms with Crippen LogP contribution >= 0.6 is 11.3 Å². The summed E-state index contributed by atoms with van der Waals surface area (Å²) >= 11 is 1.46. The predicted octanol–water partition coefficient (Wildman–Crippen LogP) is 2.42. The summed E-state index contributed by atoms with van der Waals surface area (Å²) < 4.78 is 53.6. The summed E-state index contributed by atoms with van der Waals surface area (Å²) in [5.74, 6) is -6.19. The molecule has 1 aliphatic heterocycles. The normalized spacial score (nSPS) is 15.6. The number of piperazine rings is 1. The zero-order chi connectivity index (χ0) is 15.0. The van der Waals surface area contributed by atoms with Crippen molar-refractivity contribution in [2.24, 2.45) is 0 Å². The Morgan fingerprint density at radius 3 is 2.00 bits per heavy atom. The van der Waals surface area contributed by atoms with Crippen LogP contribution in [0.4, 0.5) is 28.4 Å². The molecule has 0 saturated carbocycles. The molecule has 3 heterocycles. The van der Waals surface area contributed by atoms with Gasteiger partial charge in [0.1, 0.15) is 5.69 Å². The van der Waals surface area contributed by atoms with E-state index in [0.717, 1.165) is 5.13 Å². The molecule has 9 heteroatoms. The van der Waals surface area contributed by atoms with Gasteiger partial charge in [0.05, 0.1) is 0 Å². The first-order valence-electron chi connectivity index (χ1n) is 6.17. The Balaban J connectivity index is 1.81. The Bertz CT molecular complexity index is 615. The minimum absolute atomic E-state index is 0.232. The van der Waals surface area contributed by atoms with Gasteiger partial charge in [0.15, 0.2) is 5.13 Å². The maximum atomic E-state index is 13.7. The van der Waals surface area contributed by atoms with E-state index >= 15 is 0 Å². The van der Waals surface area contributed by atoms with Crippen molar-refractivity contribution in [3.05, 3.63) is 35.1 Å². The molecule has 0 aromatic carbocycles. The van der Waals surface area contributed by atoms with Gasteiger partial charge in [0, 0.05) is 37.8 Å². The molecular weight excluding hydrogens is 308 g/mol. The van der Waals surface area contributed by atoms with E-state index in [9.17, 15) is 17.6 Å². The fourth-order valence-electron chi connectivity index (χ4n) is 2.25. The minimum Gasteiger partial charge on any atom is -0.363 e. The number of thiazole rings is 1. The van der Waals surface area contributed by atoms with Crippen LogP contribution in [0.1, 0.15) is 0 Å². The maximum absolute atomic E-state index is 13.7. The Kier molecular flexibility index (Phi) is 3.66. The predicted molar refractivity (Wildman–Crippen MR) is 70.6 cm³/mol. The molecule has 0 amide bonds. The Morgan fingerprint density at radius 1 is 0.905 bits per heavy atom. The number of pyridine rings is 1. The van der Waals surface area contributed by atoms with E-state index in [-0.39, 0.29) is 13.1 Å². The van der Waals surface area contributed by atoms with Gasteiger partial charge >= 0.3 is 0 Å². The lowest BCUT2D eigenvalue weighted by atomic mass is 10.2. The number of nitrogens with zero attached hydrogens (tertiary/aromatic N) is 4. The highest BCUT2D eigenvalue weighted by Gasteiger charge is 2.28. The van der Waals surface area contributed by atoms with E-state index < -0.39 is 29.2 Å². The lowest BCUT2D eigenvalue weighted by Gasteiger charge is -2.36. The quantitative estimate of drug-likeness (QED) is 0.629. The molecular formula is C12H10F4N4S. The molecule has 0 unspecified atom stereocenters. The third-order valence-corrected chi connectivity index (χ3v) is 4.09. The number of hydrogen-bond donors (Lipinski definition) is 0. The lowest BCUT2D eigenvalue weighted by Crippen LogP contribution is -2.47. The smallest absolute Gasteiger partial charge is 0.253 e. The third-order valence-electron chi connectivity index (χ3n) is 3.26. The largest absolute Gasteiger partial charge is 0.363 e. The van der Waals surface area contributed by atoms with Gasteiger partial charge in [0.2, 0.25) is 11.6 Å². The van der Waals surface area contributed by atoms with Crippen molar-refractivity contribution in [3.63, 3.8) is 0 Å². The van der Waals surface area contributed by atoms with E-state index in [4.69, 9.17) is 0 Å². The highest BCUT2D eigenvalue weighted by atomic mass is 32.1. The first-order valence-corrected chi connectivity index (χ1v) is 7.05. The van der Waals surface area contributed by atoms with Crippen LogP contribution in [0.2, 0.25) is 0 Å². The topological polar surface area (TPSA) is 32.3 Å². The molecule has 1 aliphatic rings. The average molecular weight is 318 g/mol. The van der Waals surface area contributed by atoms with Crippen molar-refractivity contribution >= 4 is 22.2 Å². The molecule has 0 bridgehead atoms. The molecule has 2 aromatic heterocycles. The molecule has 0 aliphatic carbocycles. The van der Waals surface area contributed by atoms with Crippen molar-refractivity contribution in [3.8, 4) is 0 Å². The van der Waals surface area contributed by atoms with Gasteiger partial charge in [0.25, 0.3) is 11.9 Å². The fraction of sp³-hybridized carbons (Fsp3) is 0.333. The van der Waals surface area contributed by atoms with Gasteiger partial charge in [-0.15, -0.1) is 11.3 Å². The Labute approximate surface area is 121 Å². The molecule has 0 spiro atoms. The van der Waals surface area contributed by atoms with Gasteiger partial charge in [-0.3, -0.25) is 0 Å². The standard InChI is InChI=1S/C12H10F4N4S/c13-7-9(8(14)11(16)18-10(7)15)19-2-4-20(5-3-19)12-17-1-6-21-12/h1,6H,2-5H2. The molecule has 21 heavy (non-hydrogen) atoms. The van der Waals surface area contributed by atoms with Crippen LogP contribution < -0.4 is 9.80 Å². The number of hydrogen-bond acceptors (Lipinski definition) is 5. The Hall–Kier alpha value is -1.90. The summed E-state index contributed by atoms with van der Waals surface area (Å²) in [7, 11) is 0. The highest BCUT2D eigenvalue weighted by molar-refractivity contribution is 7.13. The van der Waals surface area contributed by atoms with Gasteiger partial charge in [-0.25, -0.2) is 4.98 Å². The van der Waals surface area contributed by atoms with E-state index in [1.54, 1.807) is 6.20 Å². The van der Waals surface area contributed by atoms with Crippen molar-refractivity contribution in [2.45, 2.75) is 0 Å². The van der Waals surface area contributed by atoms with Crippen molar-refractivity contribution < 1.29 is 17.6 Å². The van der Waals surface area contributed by atoms with Gasteiger partial charge in [-0.1, -0.05) is 0 Å². The summed E-state index contributed by atoms with van der Waals surface area (Å²) in [6.45, 7) is 1.38. The molecule has 3 rings (SSSR count). The number of aromatic nitrogens is 2. The summed E-state index contributed by atoms with van der Waals surface area (Å²) in [5.41, 5.74) is -0.696. The first kappa shape index (κ1) is 14.1. The monoisotopic (exact) mass is 318 g/mol. The van der Waals surface area contributed by atoms with Crippen LogP contribution in [-0.2, 0) is 0 Å². The van der Waals surface area contributed by atoms with Crippen molar-refractivity contribution in [2.75, 3.05) is 36.0 Å². The molecule has 2 aromatic rings. The molecule has 112 valence electrons. The fourth-order valence-corrected chi connectivity index (χ4v) is 2.94. The lowest BCUT2D eigenvalue weighted by molar-refractivity contribution is 0.404. The zero-order valence-electron chi connectivity index (χ0n) is 10.7. The molecule has 4 nitrogen and oxygen atoms in total. The van der Waals surface area contributed by atoms with Crippen LogP contribution in [0.25, 0.3) is 0 Å². The summed E-state index contributed by atoms with van der Waals surface area (Å²) in [6.07, 6.45) is 1.67. The summed E-state index contributed by atoms with van der Waals surface area (Å²) in [4.78, 5) is 9.93. The average Bonchev–Trinajstić information content (AvgIpc) is 3.00. The summed E-state index contributed by atoms with van der Waals surface area (Å²) in [5, 5.41) is 2.64. The van der Waals surface area contributed by atoms with Crippen molar-refractivity contribution in [1.29, 1.82) is 0 Å². The van der Waals surface area contributed by atoms with E-state index in [1.165, 1.54) is 16.2 Å². The highest BCUT2D eigenvalue weighted by Crippen LogP contribution is 2.28. The molecule has 1 fully saturated rings. The second-order valence-electron chi connectivity index (χ2n) is 4.46. The van der Waals surface area contributed by atoms with Crippen LogP contribution in [0.5, 0.6) is 0 Å². The number of halogens is 4. The molecule has 0 N–H and O–H groups in total. The van der Waals surface area contributed by atoms with Gasteiger partial charge in [-0.2, -0.15) is 22.5 Å². The third kappa shape index (κ3) is 2.53. The second-order valence-corrected chi connectivity index (χ2v) is 5.33. The summed E-state index contributed by atoms with van der Waals surface area (Å²) in [6, 6.07) is 0. The minimum atomic E-state index is -1.63. The van der Waals surface area contributed by atoms with Gasteiger partial charge in [-0.05, 0) is 0 Å². The van der Waals surface area contributed by atoms with Gasteiger partial charge < -0.3 is 9.80 Å². The van der Waals surface area contributed by atoms with E-state index in [1.807, 2.05) is 10.3 Å². The van der Waals surface area contributed by atoms with Crippen molar-refractivity contribution in [1.82, 2.24) is 9.97 Å². The number of rotatable bonds is 2. The van der Waals surface area contributed by atoms with Crippen LogP contribution in [0.3, 0.4) is 0 Å². The maximum Gasteiger partial charge on any atom is 0.253 e. The van der Waals surface area contributed by atoms with Crippen LogP contribution in [0, 0.1) is 23.5 Å². The van der Waals surface area contributed by atoms with E-state index in [2.05, 4.69) is 9.97 Å². The second kappa shape index (κ2) is 5.47. The van der Waals surface area contributed by atoms with E-state index in [0.29, 0.717) is 13.1 Å². The zero-order valence-corrected chi connectivity index (χ0v) is 11.5. The molecule has 0 atom stereocenters. The first-order chi connectivity index (χ1) is 10.1. The molecule has 1 saturated heterocycles.